The van der Waals surface area contributed by atoms with Crippen LogP contribution in [0, 0.1) is 0 Å². The zero-order valence-electron chi connectivity index (χ0n) is 12.6. The van der Waals surface area contributed by atoms with Crippen molar-refractivity contribution in [3.63, 3.8) is 0 Å². The van der Waals surface area contributed by atoms with Crippen LogP contribution in [0.4, 0.5) is 0 Å². The van der Waals surface area contributed by atoms with Gasteiger partial charge in [-0.15, -0.1) is 0 Å². The third kappa shape index (κ3) is 3.97. The van der Waals surface area contributed by atoms with Gasteiger partial charge in [-0.3, -0.25) is 0 Å². The Labute approximate surface area is 127 Å². The van der Waals surface area contributed by atoms with Gasteiger partial charge < -0.3 is 10.1 Å². The van der Waals surface area contributed by atoms with E-state index in [0.717, 1.165) is 30.8 Å². The van der Waals surface area contributed by atoms with Gasteiger partial charge in [0, 0.05) is 18.2 Å². The maximum atomic E-state index is 6.30. The first-order chi connectivity index (χ1) is 9.69. The van der Waals surface area contributed by atoms with E-state index in [0.29, 0.717) is 6.04 Å². The first-order valence-electron chi connectivity index (χ1n) is 7.71. The number of ether oxygens (including phenoxy) is 1. The first-order valence-corrected chi connectivity index (χ1v) is 8.09. The molecule has 0 heterocycles. The highest BCUT2D eigenvalue weighted by molar-refractivity contribution is 6.31. The Morgan fingerprint density at radius 2 is 2.10 bits per heavy atom. The lowest BCUT2D eigenvalue weighted by Crippen LogP contribution is -2.46. The molecule has 1 aromatic carbocycles. The van der Waals surface area contributed by atoms with E-state index in [2.05, 4.69) is 24.4 Å². The molecule has 3 heteroatoms. The highest BCUT2D eigenvalue weighted by atomic mass is 35.5. The Bertz CT molecular complexity index is 412. The minimum Gasteiger partial charge on any atom is -0.378 e. The average molecular weight is 296 g/mol. The largest absolute Gasteiger partial charge is 0.378 e. The molecule has 2 nitrogen and oxygen atoms in total. The van der Waals surface area contributed by atoms with Gasteiger partial charge in [0.25, 0.3) is 0 Å². The van der Waals surface area contributed by atoms with Crippen molar-refractivity contribution in [3.05, 3.63) is 34.9 Å². The number of methoxy groups -OCH3 is 1. The van der Waals surface area contributed by atoms with E-state index in [-0.39, 0.29) is 5.60 Å². The van der Waals surface area contributed by atoms with Gasteiger partial charge in [-0.1, -0.05) is 36.7 Å². The Kier molecular flexibility index (Phi) is 5.88. The van der Waals surface area contributed by atoms with Crippen LogP contribution in [0.3, 0.4) is 0 Å². The number of nitrogens with one attached hydrogen (secondary N) is 1. The molecule has 0 radical (unpaired) electrons. The fraction of sp³-hybridized carbons (Fsp3) is 0.647. The molecule has 0 bridgehead atoms. The average Bonchev–Trinajstić information content (AvgIpc) is 2.42. The van der Waals surface area contributed by atoms with Crippen molar-refractivity contribution < 1.29 is 4.74 Å². The smallest absolute Gasteiger partial charge is 0.0693 e. The summed E-state index contributed by atoms with van der Waals surface area (Å²) in [6, 6.07) is 8.60. The van der Waals surface area contributed by atoms with E-state index in [1.165, 1.54) is 24.8 Å². The molecule has 0 amide bonds. The predicted molar refractivity (Wildman–Crippen MR) is 85.4 cm³/mol. The summed E-state index contributed by atoms with van der Waals surface area (Å²) in [5, 5.41) is 4.54. The highest BCUT2D eigenvalue weighted by Gasteiger charge is 2.38. The third-order valence-electron chi connectivity index (χ3n) is 4.42. The van der Waals surface area contributed by atoms with Crippen molar-refractivity contribution >= 4 is 11.6 Å². The molecule has 2 rings (SSSR count). The van der Waals surface area contributed by atoms with Crippen LogP contribution < -0.4 is 5.32 Å². The zero-order chi connectivity index (χ0) is 14.4. The molecule has 0 aliphatic heterocycles. The normalized spacial score (nSPS) is 18.6. The molecule has 1 unspecified atom stereocenters. The van der Waals surface area contributed by atoms with Gasteiger partial charge in [-0.05, 0) is 56.7 Å². The Hall–Kier alpha value is -0.570. The summed E-state index contributed by atoms with van der Waals surface area (Å²) in [6.45, 7) is 3.25. The van der Waals surface area contributed by atoms with Crippen molar-refractivity contribution in [1.82, 2.24) is 5.32 Å². The van der Waals surface area contributed by atoms with Gasteiger partial charge in [-0.25, -0.2) is 0 Å². The fourth-order valence-corrected chi connectivity index (χ4v) is 3.22. The van der Waals surface area contributed by atoms with Crippen LogP contribution in [0.25, 0.3) is 0 Å². The van der Waals surface area contributed by atoms with E-state index >= 15 is 0 Å². The van der Waals surface area contributed by atoms with Crippen LogP contribution in [0.15, 0.2) is 24.3 Å². The lowest BCUT2D eigenvalue weighted by Gasteiger charge is -2.43. The van der Waals surface area contributed by atoms with Gasteiger partial charge in [-0.2, -0.15) is 0 Å². The molecule has 0 saturated heterocycles. The summed E-state index contributed by atoms with van der Waals surface area (Å²) in [5.74, 6) is 0. The molecule has 0 aromatic heterocycles. The second-order valence-electron chi connectivity index (χ2n) is 5.89. The van der Waals surface area contributed by atoms with E-state index in [1.54, 1.807) is 0 Å². The molecule has 1 N–H and O–H groups in total. The van der Waals surface area contributed by atoms with Gasteiger partial charge >= 0.3 is 0 Å². The molecule has 112 valence electrons. The molecular formula is C17H26ClNO. The highest BCUT2D eigenvalue weighted by Crippen LogP contribution is 2.39. The SMILES string of the molecule is CCCNC(Cc1ccccc1Cl)CC1(OC)CCC1. The maximum Gasteiger partial charge on any atom is 0.0693 e. The Morgan fingerprint density at radius 1 is 1.35 bits per heavy atom. The fourth-order valence-electron chi connectivity index (χ4n) is 3.01. The van der Waals surface area contributed by atoms with E-state index < -0.39 is 0 Å². The quantitative estimate of drug-likeness (QED) is 0.776. The maximum absolute atomic E-state index is 6.30. The second-order valence-corrected chi connectivity index (χ2v) is 6.30. The Balaban J connectivity index is 2.01. The van der Waals surface area contributed by atoms with Gasteiger partial charge in [0.15, 0.2) is 0 Å². The summed E-state index contributed by atoms with van der Waals surface area (Å²) in [4.78, 5) is 0. The van der Waals surface area contributed by atoms with Gasteiger partial charge in [0.1, 0.15) is 0 Å². The lowest BCUT2D eigenvalue weighted by molar-refractivity contribution is -0.0834. The number of hydrogen-bond donors (Lipinski definition) is 1. The summed E-state index contributed by atoms with van der Waals surface area (Å²) in [6.07, 6.45) is 6.88. The zero-order valence-corrected chi connectivity index (χ0v) is 13.4. The van der Waals surface area contributed by atoms with Crippen molar-refractivity contribution in [2.75, 3.05) is 13.7 Å². The monoisotopic (exact) mass is 295 g/mol. The molecule has 1 fully saturated rings. The molecule has 0 spiro atoms. The molecule has 1 aliphatic carbocycles. The van der Waals surface area contributed by atoms with Crippen LogP contribution >= 0.6 is 11.6 Å². The van der Waals surface area contributed by atoms with Gasteiger partial charge in [0.05, 0.1) is 5.60 Å². The molecule has 1 atom stereocenters. The third-order valence-corrected chi connectivity index (χ3v) is 4.79. The first kappa shape index (κ1) is 15.8. The summed E-state index contributed by atoms with van der Waals surface area (Å²) in [7, 11) is 1.85. The summed E-state index contributed by atoms with van der Waals surface area (Å²) >= 11 is 6.30. The molecule has 1 aromatic rings. The summed E-state index contributed by atoms with van der Waals surface area (Å²) in [5.41, 5.74) is 1.33. The number of benzene rings is 1. The molecule has 1 saturated carbocycles. The number of hydrogen-bond acceptors (Lipinski definition) is 2. The van der Waals surface area contributed by atoms with Crippen molar-refractivity contribution in [1.29, 1.82) is 0 Å². The van der Waals surface area contributed by atoms with Crippen LogP contribution in [-0.4, -0.2) is 25.3 Å². The molecular weight excluding hydrogens is 270 g/mol. The van der Waals surface area contributed by atoms with Crippen molar-refractivity contribution in [3.8, 4) is 0 Å². The minimum absolute atomic E-state index is 0.104. The van der Waals surface area contributed by atoms with E-state index in [4.69, 9.17) is 16.3 Å². The topological polar surface area (TPSA) is 21.3 Å². The number of rotatable bonds is 8. The van der Waals surface area contributed by atoms with Crippen LogP contribution in [-0.2, 0) is 11.2 Å². The molecule has 1 aliphatic rings. The predicted octanol–water partition coefficient (Wildman–Crippen LogP) is 4.21. The summed E-state index contributed by atoms with van der Waals surface area (Å²) < 4.78 is 5.78. The number of halogens is 1. The van der Waals surface area contributed by atoms with Crippen LogP contribution in [0.1, 0.15) is 44.6 Å². The van der Waals surface area contributed by atoms with E-state index in [9.17, 15) is 0 Å². The second kappa shape index (κ2) is 7.44. The van der Waals surface area contributed by atoms with Crippen molar-refractivity contribution in [2.45, 2.75) is 57.1 Å². The lowest BCUT2D eigenvalue weighted by atomic mass is 9.75. The van der Waals surface area contributed by atoms with E-state index in [1.807, 2.05) is 19.2 Å². The van der Waals surface area contributed by atoms with Gasteiger partial charge in [0.2, 0.25) is 0 Å². The van der Waals surface area contributed by atoms with Crippen LogP contribution in [0.2, 0.25) is 5.02 Å². The molecule has 20 heavy (non-hydrogen) atoms. The Morgan fingerprint density at radius 3 is 2.65 bits per heavy atom. The van der Waals surface area contributed by atoms with Crippen molar-refractivity contribution in [2.24, 2.45) is 0 Å². The standard InChI is InChI=1S/C17H26ClNO/c1-3-11-19-15(13-17(20-2)9-6-10-17)12-14-7-4-5-8-16(14)18/h4-5,7-8,15,19H,3,6,9-13H2,1-2H3. The minimum atomic E-state index is 0.104. The van der Waals surface area contributed by atoms with Crippen LogP contribution in [0.5, 0.6) is 0 Å².